The largest absolute Gasteiger partial charge is 0.366 e. The predicted octanol–water partition coefficient (Wildman–Crippen LogP) is 4.47. The molecule has 0 aliphatic rings. The first-order valence-corrected chi connectivity index (χ1v) is 8.28. The van der Waals surface area contributed by atoms with Crippen molar-refractivity contribution in [2.24, 2.45) is 0 Å². The number of nitrogens with one attached hydrogen (secondary N) is 2. The number of aromatic nitrogens is 1. The van der Waals surface area contributed by atoms with Crippen LogP contribution in [0.3, 0.4) is 0 Å². The predicted molar refractivity (Wildman–Crippen MR) is 102 cm³/mol. The van der Waals surface area contributed by atoms with E-state index in [0.29, 0.717) is 34.2 Å². The Morgan fingerprint density at radius 3 is 2.62 bits per heavy atom. The van der Waals surface area contributed by atoms with E-state index >= 15 is 0 Å². The first kappa shape index (κ1) is 17.5. The first-order valence-electron chi connectivity index (χ1n) is 7.90. The minimum absolute atomic E-state index is 0.252. The van der Waals surface area contributed by atoms with Gasteiger partial charge in [0.05, 0.1) is 11.6 Å². The van der Waals surface area contributed by atoms with Crippen LogP contribution in [0.15, 0.2) is 66.9 Å². The first-order chi connectivity index (χ1) is 12.7. The zero-order valence-electron chi connectivity index (χ0n) is 13.7. The van der Waals surface area contributed by atoms with Crippen molar-refractivity contribution in [2.45, 2.75) is 6.54 Å². The zero-order valence-corrected chi connectivity index (χ0v) is 14.5. The lowest BCUT2D eigenvalue weighted by molar-refractivity contribution is 0.102. The summed E-state index contributed by atoms with van der Waals surface area (Å²) in [5.41, 5.74) is 2.59. The van der Waals surface area contributed by atoms with Gasteiger partial charge in [0.25, 0.3) is 5.91 Å². The fraction of sp³-hybridized carbons (Fsp3) is 0.0500. The monoisotopic (exact) mass is 362 g/mol. The maximum absolute atomic E-state index is 12.4. The molecule has 0 atom stereocenters. The van der Waals surface area contributed by atoms with Crippen molar-refractivity contribution in [2.75, 3.05) is 10.6 Å². The SMILES string of the molecule is N#Cc1ccc(NC(=O)c2ccnc(NCc3ccccc3Cl)c2)cc1. The highest BCUT2D eigenvalue weighted by Gasteiger charge is 2.08. The molecule has 0 aliphatic heterocycles. The van der Waals surface area contributed by atoms with Crippen molar-refractivity contribution in [1.82, 2.24) is 4.98 Å². The summed E-state index contributed by atoms with van der Waals surface area (Å²) >= 11 is 6.14. The van der Waals surface area contributed by atoms with E-state index in [1.165, 1.54) is 0 Å². The molecule has 1 aromatic heterocycles. The van der Waals surface area contributed by atoms with Crippen LogP contribution < -0.4 is 10.6 Å². The Hall–Kier alpha value is -3.36. The van der Waals surface area contributed by atoms with Gasteiger partial charge >= 0.3 is 0 Å². The summed E-state index contributed by atoms with van der Waals surface area (Å²) in [6, 6.07) is 19.6. The molecule has 0 bridgehead atoms. The molecule has 1 amide bonds. The summed E-state index contributed by atoms with van der Waals surface area (Å²) < 4.78 is 0. The molecule has 2 N–H and O–H groups in total. The van der Waals surface area contributed by atoms with Gasteiger partial charge in [0.15, 0.2) is 0 Å². The summed E-state index contributed by atoms with van der Waals surface area (Å²) in [4.78, 5) is 16.6. The molecule has 0 fully saturated rings. The van der Waals surface area contributed by atoms with Gasteiger partial charge in [-0.2, -0.15) is 5.26 Å². The smallest absolute Gasteiger partial charge is 0.255 e. The van der Waals surface area contributed by atoms with Gasteiger partial charge < -0.3 is 10.6 Å². The number of hydrogen-bond acceptors (Lipinski definition) is 4. The minimum Gasteiger partial charge on any atom is -0.366 e. The summed E-state index contributed by atoms with van der Waals surface area (Å²) in [5, 5.41) is 15.4. The molecule has 5 nitrogen and oxygen atoms in total. The molecule has 26 heavy (non-hydrogen) atoms. The number of hydrogen-bond donors (Lipinski definition) is 2. The van der Waals surface area contributed by atoms with Gasteiger partial charge in [0.1, 0.15) is 5.82 Å². The standard InChI is InChI=1S/C20H15ClN4O/c21-18-4-2-1-3-16(18)13-24-19-11-15(9-10-23-19)20(26)25-17-7-5-14(12-22)6-8-17/h1-11H,13H2,(H,23,24)(H,25,26). The lowest BCUT2D eigenvalue weighted by Crippen LogP contribution is -2.12. The second-order valence-electron chi connectivity index (χ2n) is 5.52. The highest BCUT2D eigenvalue weighted by Crippen LogP contribution is 2.17. The van der Waals surface area contributed by atoms with Crippen LogP contribution in [0.1, 0.15) is 21.5 Å². The molecule has 128 valence electrons. The van der Waals surface area contributed by atoms with Gasteiger partial charge in [-0.15, -0.1) is 0 Å². The fourth-order valence-electron chi connectivity index (χ4n) is 2.33. The molecular formula is C20H15ClN4O. The maximum Gasteiger partial charge on any atom is 0.255 e. The van der Waals surface area contributed by atoms with E-state index in [0.717, 1.165) is 5.56 Å². The van der Waals surface area contributed by atoms with E-state index in [9.17, 15) is 4.79 Å². The molecule has 0 spiro atoms. The van der Waals surface area contributed by atoms with Crippen LogP contribution in [0.5, 0.6) is 0 Å². The Bertz CT molecular complexity index is 964. The van der Waals surface area contributed by atoms with Gasteiger partial charge in [0.2, 0.25) is 0 Å². The highest BCUT2D eigenvalue weighted by molar-refractivity contribution is 6.31. The summed E-state index contributed by atoms with van der Waals surface area (Å²) in [5.74, 6) is 0.329. The summed E-state index contributed by atoms with van der Waals surface area (Å²) in [6.45, 7) is 0.507. The third-order valence-corrected chi connectivity index (χ3v) is 4.08. The number of benzene rings is 2. The second kappa shape index (κ2) is 8.15. The highest BCUT2D eigenvalue weighted by atomic mass is 35.5. The molecule has 0 radical (unpaired) electrons. The minimum atomic E-state index is -0.252. The average Bonchev–Trinajstić information content (AvgIpc) is 2.68. The molecule has 3 rings (SSSR count). The molecule has 0 saturated carbocycles. The van der Waals surface area contributed by atoms with Crippen LogP contribution in [0.4, 0.5) is 11.5 Å². The lowest BCUT2D eigenvalue weighted by atomic mass is 10.2. The van der Waals surface area contributed by atoms with Crippen molar-refractivity contribution in [1.29, 1.82) is 5.26 Å². The average molecular weight is 363 g/mol. The van der Waals surface area contributed by atoms with E-state index in [-0.39, 0.29) is 5.91 Å². The number of amides is 1. The van der Waals surface area contributed by atoms with Crippen molar-refractivity contribution in [3.05, 3.63) is 88.6 Å². The quantitative estimate of drug-likeness (QED) is 0.701. The molecule has 2 aromatic carbocycles. The molecule has 0 saturated heterocycles. The Morgan fingerprint density at radius 1 is 1.12 bits per heavy atom. The normalized spacial score (nSPS) is 10.0. The number of nitrogens with zero attached hydrogens (tertiary/aromatic N) is 2. The van der Waals surface area contributed by atoms with Crippen molar-refractivity contribution < 1.29 is 4.79 Å². The van der Waals surface area contributed by atoms with E-state index in [1.54, 1.807) is 42.6 Å². The molecule has 3 aromatic rings. The van der Waals surface area contributed by atoms with E-state index in [2.05, 4.69) is 15.6 Å². The lowest BCUT2D eigenvalue weighted by Gasteiger charge is -2.09. The van der Waals surface area contributed by atoms with E-state index in [1.807, 2.05) is 30.3 Å². The topological polar surface area (TPSA) is 77.8 Å². The Balaban J connectivity index is 1.67. The number of carbonyl (C=O) groups excluding carboxylic acids is 1. The number of halogens is 1. The van der Waals surface area contributed by atoms with E-state index in [4.69, 9.17) is 16.9 Å². The van der Waals surface area contributed by atoms with Gasteiger partial charge in [0, 0.05) is 29.0 Å². The molecule has 0 aliphatic carbocycles. The van der Waals surface area contributed by atoms with Crippen molar-refractivity contribution >= 4 is 29.0 Å². The van der Waals surface area contributed by atoms with E-state index < -0.39 is 0 Å². The van der Waals surface area contributed by atoms with Crippen molar-refractivity contribution in [3.63, 3.8) is 0 Å². The Kier molecular flexibility index (Phi) is 5.47. The van der Waals surface area contributed by atoms with Gasteiger partial charge in [-0.3, -0.25) is 4.79 Å². The summed E-state index contributed by atoms with van der Waals surface area (Å²) in [7, 11) is 0. The van der Waals surface area contributed by atoms with Crippen LogP contribution >= 0.6 is 11.6 Å². The van der Waals surface area contributed by atoms with Crippen LogP contribution in [0.2, 0.25) is 5.02 Å². The molecule has 1 heterocycles. The molecule has 0 unspecified atom stereocenters. The van der Waals surface area contributed by atoms with Crippen LogP contribution in [-0.2, 0) is 6.54 Å². The molecular weight excluding hydrogens is 348 g/mol. The molecule has 6 heteroatoms. The third kappa shape index (κ3) is 4.38. The maximum atomic E-state index is 12.4. The van der Waals surface area contributed by atoms with Crippen molar-refractivity contribution in [3.8, 4) is 6.07 Å². The van der Waals surface area contributed by atoms with Crippen LogP contribution in [0.25, 0.3) is 0 Å². The van der Waals surface area contributed by atoms with Crippen LogP contribution in [-0.4, -0.2) is 10.9 Å². The fourth-order valence-corrected chi connectivity index (χ4v) is 2.53. The van der Waals surface area contributed by atoms with Crippen LogP contribution in [0, 0.1) is 11.3 Å². The number of carbonyl (C=O) groups is 1. The third-order valence-electron chi connectivity index (χ3n) is 3.71. The summed E-state index contributed by atoms with van der Waals surface area (Å²) in [6.07, 6.45) is 1.57. The number of nitriles is 1. The van der Waals surface area contributed by atoms with Gasteiger partial charge in [-0.25, -0.2) is 4.98 Å². The number of rotatable bonds is 5. The zero-order chi connectivity index (χ0) is 18.4. The second-order valence-corrected chi connectivity index (χ2v) is 5.93. The van der Waals surface area contributed by atoms with Gasteiger partial charge in [-0.05, 0) is 48.0 Å². The van der Waals surface area contributed by atoms with Gasteiger partial charge in [-0.1, -0.05) is 29.8 Å². The number of pyridine rings is 1. The number of anilines is 2. The Morgan fingerprint density at radius 2 is 1.88 bits per heavy atom. The Labute approximate surface area is 156 Å².